The summed E-state index contributed by atoms with van der Waals surface area (Å²) in [4.78, 5) is 15.3. The van der Waals surface area contributed by atoms with E-state index < -0.39 is 0 Å². The van der Waals surface area contributed by atoms with Crippen LogP contribution in [0.25, 0.3) is 10.8 Å². The molecule has 1 saturated heterocycles. The molecule has 30 heavy (non-hydrogen) atoms. The molecule has 1 amide bonds. The summed E-state index contributed by atoms with van der Waals surface area (Å²) in [5.41, 5.74) is 0.540. The average molecular weight is 404 g/mol. The number of carbonyl (C=O) groups is 1. The van der Waals surface area contributed by atoms with Gasteiger partial charge in [-0.1, -0.05) is 36.4 Å². The van der Waals surface area contributed by atoms with Gasteiger partial charge in [-0.3, -0.25) is 4.79 Å². The van der Waals surface area contributed by atoms with Gasteiger partial charge in [0.2, 0.25) is 0 Å². The number of hydrogen-bond acceptors (Lipinski definition) is 3. The molecule has 4 heteroatoms. The lowest BCUT2D eigenvalue weighted by atomic mass is 10.0. The second-order valence-corrected chi connectivity index (χ2v) is 8.82. The van der Waals surface area contributed by atoms with Crippen molar-refractivity contribution >= 4 is 16.7 Å². The molecule has 1 aliphatic rings. The van der Waals surface area contributed by atoms with Crippen LogP contribution in [0.2, 0.25) is 0 Å². The largest absolute Gasteiger partial charge is 0.491 e. The second kappa shape index (κ2) is 8.39. The number of fused-ring (bicyclic) bond motifs is 1. The minimum absolute atomic E-state index is 0.0852. The predicted octanol–water partition coefficient (Wildman–Crippen LogP) is 5.70. The molecule has 1 atom stereocenters. The lowest BCUT2D eigenvalue weighted by molar-refractivity contribution is 0.0693. The Morgan fingerprint density at radius 2 is 1.67 bits per heavy atom. The number of carbonyl (C=O) groups excluding carboxylic acids is 1. The standard InChI is InChI=1S/C26H29NO3/c1-26(2,3)30-22-15-13-21(14-16-22)29-18-20-10-7-17-27(20)25(28)24-12-6-9-19-8-4-5-11-23(19)24/h4-6,8-9,11-16,20H,7,10,17-18H2,1-3H3/t20-/m0/s1. The number of benzene rings is 3. The predicted molar refractivity (Wildman–Crippen MR) is 120 cm³/mol. The number of likely N-dealkylation sites (tertiary alicyclic amines) is 1. The van der Waals surface area contributed by atoms with E-state index in [4.69, 9.17) is 9.47 Å². The van der Waals surface area contributed by atoms with Gasteiger partial charge in [-0.25, -0.2) is 0 Å². The summed E-state index contributed by atoms with van der Waals surface area (Å²) in [6.45, 7) is 7.35. The highest BCUT2D eigenvalue weighted by Gasteiger charge is 2.30. The van der Waals surface area contributed by atoms with Gasteiger partial charge in [-0.2, -0.15) is 0 Å². The highest BCUT2D eigenvalue weighted by atomic mass is 16.5. The van der Waals surface area contributed by atoms with Crippen molar-refractivity contribution in [3.05, 3.63) is 72.3 Å². The number of hydrogen-bond donors (Lipinski definition) is 0. The van der Waals surface area contributed by atoms with Crippen LogP contribution in [0.5, 0.6) is 11.5 Å². The van der Waals surface area contributed by atoms with Crippen LogP contribution in [-0.4, -0.2) is 35.6 Å². The van der Waals surface area contributed by atoms with Gasteiger partial charge in [-0.15, -0.1) is 0 Å². The van der Waals surface area contributed by atoms with Gasteiger partial charge in [0, 0.05) is 12.1 Å². The van der Waals surface area contributed by atoms with Crippen LogP contribution in [0.4, 0.5) is 0 Å². The Morgan fingerprint density at radius 3 is 2.43 bits per heavy atom. The molecule has 4 rings (SSSR count). The van der Waals surface area contributed by atoms with Gasteiger partial charge in [0.1, 0.15) is 23.7 Å². The van der Waals surface area contributed by atoms with E-state index in [0.29, 0.717) is 6.61 Å². The lowest BCUT2D eigenvalue weighted by Gasteiger charge is -2.25. The van der Waals surface area contributed by atoms with E-state index in [9.17, 15) is 4.79 Å². The zero-order valence-electron chi connectivity index (χ0n) is 17.9. The summed E-state index contributed by atoms with van der Waals surface area (Å²) >= 11 is 0. The van der Waals surface area contributed by atoms with E-state index >= 15 is 0 Å². The lowest BCUT2D eigenvalue weighted by Crippen LogP contribution is -2.39. The molecule has 4 nitrogen and oxygen atoms in total. The van der Waals surface area contributed by atoms with Crippen LogP contribution >= 0.6 is 0 Å². The normalized spacial score (nSPS) is 16.6. The summed E-state index contributed by atoms with van der Waals surface area (Å²) in [6, 6.07) is 21.8. The third-order valence-electron chi connectivity index (χ3n) is 5.35. The maximum Gasteiger partial charge on any atom is 0.254 e. The van der Waals surface area contributed by atoms with Crippen molar-refractivity contribution < 1.29 is 14.3 Å². The van der Waals surface area contributed by atoms with Crippen LogP contribution in [0, 0.1) is 0 Å². The minimum atomic E-state index is -0.227. The fraction of sp³-hybridized carbons (Fsp3) is 0.346. The molecule has 1 heterocycles. The summed E-state index contributed by atoms with van der Waals surface area (Å²) in [7, 11) is 0. The first-order chi connectivity index (χ1) is 14.4. The van der Waals surface area contributed by atoms with Crippen molar-refractivity contribution in [2.45, 2.75) is 45.3 Å². The molecule has 3 aromatic rings. The van der Waals surface area contributed by atoms with Gasteiger partial charge < -0.3 is 14.4 Å². The molecule has 0 aliphatic carbocycles. The number of ether oxygens (including phenoxy) is 2. The summed E-state index contributed by atoms with van der Waals surface area (Å²) < 4.78 is 11.9. The van der Waals surface area contributed by atoms with Crippen LogP contribution < -0.4 is 9.47 Å². The molecule has 1 aliphatic heterocycles. The zero-order chi connectivity index (χ0) is 21.1. The smallest absolute Gasteiger partial charge is 0.254 e. The summed E-state index contributed by atoms with van der Waals surface area (Å²) in [5, 5.41) is 2.10. The Hall–Kier alpha value is -3.01. The molecule has 0 spiro atoms. The van der Waals surface area contributed by atoms with Crippen molar-refractivity contribution in [2.75, 3.05) is 13.2 Å². The van der Waals surface area contributed by atoms with E-state index in [1.54, 1.807) is 0 Å². The number of amides is 1. The third kappa shape index (κ3) is 4.59. The molecule has 1 fully saturated rings. The molecular weight excluding hydrogens is 374 g/mol. The SMILES string of the molecule is CC(C)(C)Oc1ccc(OC[C@@H]2CCCN2C(=O)c2cccc3ccccc23)cc1. The molecule has 0 saturated carbocycles. The van der Waals surface area contributed by atoms with Crippen LogP contribution in [0.3, 0.4) is 0 Å². The Bertz CT molecular complexity index is 1020. The van der Waals surface area contributed by atoms with Crippen molar-refractivity contribution in [3.63, 3.8) is 0 Å². The monoisotopic (exact) mass is 403 g/mol. The number of rotatable bonds is 5. The van der Waals surface area contributed by atoms with Gasteiger partial charge >= 0.3 is 0 Å². The molecular formula is C26H29NO3. The fourth-order valence-electron chi connectivity index (χ4n) is 3.99. The molecule has 0 unspecified atom stereocenters. The Kier molecular flexibility index (Phi) is 5.67. The molecule has 156 valence electrons. The molecule has 0 N–H and O–H groups in total. The first-order valence-corrected chi connectivity index (χ1v) is 10.6. The van der Waals surface area contributed by atoms with Crippen LogP contribution in [-0.2, 0) is 0 Å². The average Bonchev–Trinajstić information content (AvgIpc) is 3.20. The Balaban J connectivity index is 1.43. The fourth-order valence-corrected chi connectivity index (χ4v) is 3.99. The molecule has 0 radical (unpaired) electrons. The van der Waals surface area contributed by atoms with Gasteiger partial charge in [0.05, 0.1) is 6.04 Å². The molecule has 0 bridgehead atoms. The Labute approximate surface area is 178 Å². The van der Waals surface area contributed by atoms with E-state index in [1.807, 2.05) is 92.4 Å². The van der Waals surface area contributed by atoms with Crippen molar-refractivity contribution in [3.8, 4) is 11.5 Å². The van der Waals surface area contributed by atoms with Crippen molar-refractivity contribution in [1.29, 1.82) is 0 Å². The van der Waals surface area contributed by atoms with Crippen molar-refractivity contribution in [1.82, 2.24) is 4.90 Å². The maximum atomic E-state index is 13.3. The van der Waals surface area contributed by atoms with Crippen LogP contribution in [0.15, 0.2) is 66.7 Å². The maximum absolute atomic E-state index is 13.3. The highest BCUT2D eigenvalue weighted by Crippen LogP contribution is 2.26. The first-order valence-electron chi connectivity index (χ1n) is 10.6. The van der Waals surface area contributed by atoms with E-state index in [1.165, 1.54) is 0 Å². The first kappa shape index (κ1) is 20.3. The second-order valence-electron chi connectivity index (χ2n) is 8.82. The van der Waals surface area contributed by atoms with Crippen LogP contribution in [0.1, 0.15) is 44.0 Å². The summed E-state index contributed by atoms with van der Waals surface area (Å²) in [5.74, 6) is 1.70. The van der Waals surface area contributed by atoms with E-state index in [-0.39, 0.29) is 17.6 Å². The topological polar surface area (TPSA) is 38.8 Å². The third-order valence-corrected chi connectivity index (χ3v) is 5.35. The minimum Gasteiger partial charge on any atom is -0.491 e. The van der Waals surface area contributed by atoms with Gasteiger partial charge in [0.25, 0.3) is 5.91 Å². The van der Waals surface area contributed by atoms with Gasteiger partial charge in [0.15, 0.2) is 0 Å². The van der Waals surface area contributed by atoms with E-state index in [0.717, 1.165) is 47.2 Å². The van der Waals surface area contributed by atoms with Crippen molar-refractivity contribution in [2.24, 2.45) is 0 Å². The quantitative estimate of drug-likeness (QED) is 0.548. The molecule has 3 aromatic carbocycles. The Morgan fingerprint density at radius 1 is 0.967 bits per heavy atom. The number of nitrogens with zero attached hydrogens (tertiary/aromatic N) is 1. The highest BCUT2D eigenvalue weighted by molar-refractivity contribution is 6.07. The van der Waals surface area contributed by atoms with Gasteiger partial charge in [-0.05, 0) is 74.7 Å². The molecule has 0 aromatic heterocycles. The zero-order valence-corrected chi connectivity index (χ0v) is 17.9. The van der Waals surface area contributed by atoms with E-state index in [2.05, 4.69) is 0 Å². The summed E-state index contributed by atoms with van der Waals surface area (Å²) in [6.07, 6.45) is 1.96.